The van der Waals surface area contributed by atoms with Gasteiger partial charge in [0.25, 0.3) is 0 Å². The SMILES string of the molecule is CCN(CC)c1ccc([C@@H]2CC(=O)C3=C(C2)Nc2ccccc2N[C@H]3c2ccc(F)cc2)cc1. The number of carbonyl (C=O) groups excluding carboxylic acids is 1. The van der Waals surface area contributed by atoms with Crippen molar-refractivity contribution >= 4 is 22.8 Å². The summed E-state index contributed by atoms with van der Waals surface area (Å²) in [5.74, 6) is -0.0434. The summed E-state index contributed by atoms with van der Waals surface area (Å²) < 4.78 is 13.6. The molecule has 174 valence electrons. The standard InChI is InChI=1S/C29H30FN3O/c1-3-33(4-2)23-15-11-19(12-16-23)21-17-26-28(27(34)18-21)29(20-9-13-22(30)14-10-20)32-25-8-6-5-7-24(25)31-26/h5-16,21,29,31-32H,3-4,17-18H2,1-2H3/t21-,29-/m0/s1. The Balaban J connectivity index is 1.51. The van der Waals surface area contributed by atoms with Gasteiger partial charge in [-0.2, -0.15) is 0 Å². The van der Waals surface area contributed by atoms with Crippen molar-refractivity contribution < 1.29 is 9.18 Å². The number of anilines is 3. The highest BCUT2D eigenvalue weighted by atomic mass is 19.1. The Morgan fingerprint density at radius 2 is 1.50 bits per heavy atom. The molecular weight excluding hydrogens is 425 g/mol. The first kappa shape index (κ1) is 22.2. The third-order valence-corrected chi connectivity index (χ3v) is 7.01. The molecule has 2 N–H and O–H groups in total. The molecule has 0 radical (unpaired) electrons. The van der Waals surface area contributed by atoms with Gasteiger partial charge < -0.3 is 15.5 Å². The fraction of sp³-hybridized carbons (Fsp3) is 0.276. The number of hydrogen-bond donors (Lipinski definition) is 2. The Kier molecular flexibility index (Phi) is 6.10. The van der Waals surface area contributed by atoms with Crippen molar-refractivity contribution in [2.24, 2.45) is 0 Å². The molecule has 0 saturated heterocycles. The number of Topliss-reactive ketones (excluding diaryl/α,β-unsaturated/α-hetero) is 1. The molecular formula is C29H30FN3O. The zero-order chi connectivity index (χ0) is 23.7. The van der Waals surface area contributed by atoms with Crippen LogP contribution in [0.2, 0.25) is 0 Å². The Labute approximate surface area is 200 Å². The smallest absolute Gasteiger partial charge is 0.163 e. The van der Waals surface area contributed by atoms with E-state index in [9.17, 15) is 9.18 Å². The number of nitrogens with one attached hydrogen (secondary N) is 2. The Morgan fingerprint density at radius 3 is 2.18 bits per heavy atom. The van der Waals surface area contributed by atoms with E-state index in [1.807, 2.05) is 24.3 Å². The van der Waals surface area contributed by atoms with Gasteiger partial charge in [0.15, 0.2) is 5.78 Å². The lowest BCUT2D eigenvalue weighted by atomic mass is 9.78. The number of benzene rings is 3. The molecule has 0 bridgehead atoms. The van der Waals surface area contributed by atoms with E-state index >= 15 is 0 Å². The molecule has 0 spiro atoms. The summed E-state index contributed by atoms with van der Waals surface area (Å²) in [4.78, 5) is 15.9. The van der Waals surface area contributed by atoms with Crippen molar-refractivity contribution in [3.8, 4) is 0 Å². The fourth-order valence-corrected chi connectivity index (χ4v) is 5.18. The zero-order valence-corrected chi connectivity index (χ0v) is 19.6. The molecule has 3 aromatic carbocycles. The van der Waals surface area contributed by atoms with E-state index in [4.69, 9.17) is 0 Å². The summed E-state index contributed by atoms with van der Waals surface area (Å²) in [5.41, 5.74) is 6.84. The van der Waals surface area contributed by atoms with Gasteiger partial charge in [0.2, 0.25) is 0 Å². The number of carbonyl (C=O) groups is 1. The minimum absolute atomic E-state index is 0.114. The van der Waals surface area contributed by atoms with E-state index in [2.05, 4.69) is 53.6 Å². The lowest BCUT2D eigenvalue weighted by Gasteiger charge is -2.30. The van der Waals surface area contributed by atoms with Crippen molar-refractivity contribution in [2.75, 3.05) is 28.6 Å². The Hall–Kier alpha value is -3.60. The molecule has 1 heterocycles. The molecule has 1 aliphatic heterocycles. The van der Waals surface area contributed by atoms with Crippen molar-refractivity contribution in [1.82, 2.24) is 0 Å². The fourth-order valence-electron chi connectivity index (χ4n) is 5.18. The number of para-hydroxylation sites is 2. The van der Waals surface area contributed by atoms with E-state index in [0.29, 0.717) is 6.42 Å². The van der Waals surface area contributed by atoms with Crippen LogP contribution in [0.3, 0.4) is 0 Å². The van der Waals surface area contributed by atoms with Crippen LogP contribution in [0, 0.1) is 5.82 Å². The van der Waals surface area contributed by atoms with Gasteiger partial charge in [-0.05, 0) is 73.7 Å². The topological polar surface area (TPSA) is 44.4 Å². The minimum atomic E-state index is -0.328. The highest BCUT2D eigenvalue weighted by Gasteiger charge is 2.36. The van der Waals surface area contributed by atoms with E-state index in [1.165, 1.54) is 23.4 Å². The van der Waals surface area contributed by atoms with E-state index in [0.717, 1.165) is 47.7 Å². The highest BCUT2D eigenvalue weighted by molar-refractivity contribution is 6.01. The van der Waals surface area contributed by atoms with E-state index in [-0.39, 0.29) is 23.6 Å². The molecule has 3 aromatic rings. The van der Waals surface area contributed by atoms with Crippen LogP contribution < -0.4 is 15.5 Å². The second-order valence-corrected chi connectivity index (χ2v) is 8.98. The van der Waals surface area contributed by atoms with Crippen LogP contribution >= 0.6 is 0 Å². The molecule has 0 unspecified atom stereocenters. The number of halogens is 1. The molecule has 0 fully saturated rings. The number of allylic oxidation sites excluding steroid dienone is 1. The van der Waals surface area contributed by atoms with Crippen LogP contribution in [0.15, 0.2) is 84.1 Å². The van der Waals surface area contributed by atoms with Gasteiger partial charge in [0.1, 0.15) is 5.82 Å². The van der Waals surface area contributed by atoms with Crippen molar-refractivity contribution in [2.45, 2.75) is 38.6 Å². The van der Waals surface area contributed by atoms with Gasteiger partial charge in [-0.25, -0.2) is 4.39 Å². The monoisotopic (exact) mass is 455 g/mol. The van der Waals surface area contributed by atoms with Crippen molar-refractivity contribution in [1.29, 1.82) is 0 Å². The Bertz CT molecular complexity index is 1210. The molecule has 5 heteroatoms. The van der Waals surface area contributed by atoms with Crippen LogP contribution in [0.5, 0.6) is 0 Å². The maximum Gasteiger partial charge on any atom is 0.163 e. The molecule has 0 saturated carbocycles. The zero-order valence-electron chi connectivity index (χ0n) is 19.6. The molecule has 1 aliphatic carbocycles. The van der Waals surface area contributed by atoms with Gasteiger partial charge in [0, 0.05) is 36.5 Å². The molecule has 5 rings (SSSR count). The van der Waals surface area contributed by atoms with Crippen LogP contribution in [0.4, 0.5) is 21.5 Å². The van der Waals surface area contributed by atoms with Gasteiger partial charge in [-0.1, -0.05) is 36.4 Å². The quantitative estimate of drug-likeness (QED) is 0.452. The Morgan fingerprint density at radius 1 is 0.853 bits per heavy atom. The van der Waals surface area contributed by atoms with Gasteiger partial charge in [-0.15, -0.1) is 0 Å². The summed E-state index contributed by atoms with van der Waals surface area (Å²) in [6.45, 7) is 6.25. The molecule has 4 nitrogen and oxygen atoms in total. The second kappa shape index (κ2) is 9.34. The number of fused-ring (bicyclic) bond motifs is 1. The predicted molar refractivity (Wildman–Crippen MR) is 137 cm³/mol. The second-order valence-electron chi connectivity index (χ2n) is 8.98. The number of ketones is 1. The first-order chi connectivity index (χ1) is 16.6. The van der Waals surface area contributed by atoms with Crippen LogP contribution in [-0.2, 0) is 4.79 Å². The predicted octanol–water partition coefficient (Wildman–Crippen LogP) is 6.65. The van der Waals surface area contributed by atoms with Crippen LogP contribution in [0.25, 0.3) is 0 Å². The third kappa shape index (κ3) is 4.18. The summed E-state index contributed by atoms with van der Waals surface area (Å²) in [6, 6.07) is 22.7. The van der Waals surface area contributed by atoms with Crippen LogP contribution in [0.1, 0.15) is 49.8 Å². The molecule has 0 aromatic heterocycles. The highest BCUT2D eigenvalue weighted by Crippen LogP contribution is 2.44. The lowest BCUT2D eigenvalue weighted by molar-refractivity contribution is -0.116. The first-order valence-corrected chi connectivity index (χ1v) is 12.1. The average molecular weight is 456 g/mol. The molecule has 0 amide bonds. The van der Waals surface area contributed by atoms with E-state index in [1.54, 1.807) is 12.1 Å². The summed E-state index contributed by atoms with van der Waals surface area (Å²) in [7, 11) is 0. The van der Waals surface area contributed by atoms with Crippen molar-refractivity contribution in [3.63, 3.8) is 0 Å². The lowest BCUT2D eigenvalue weighted by Crippen LogP contribution is -2.27. The summed E-state index contributed by atoms with van der Waals surface area (Å²) >= 11 is 0. The maximum atomic E-state index is 13.6. The largest absolute Gasteiger partial charge is 0.372 e. The number of nitrogens with zero attached hydrogens (tertiary/aromatic N) is 1. The molecule has 2 atom stereocenters. The van der Waals surface area contributed by atoms with Crippen molar-refractivity contribution in [3.05, 3.63) is 101 Å². The van der Waals surface area contributed by atoms with Crippen LogP contribution in [-0.4, -0.2) is 18.9 Å². The maximum absolute atomic E-state index is 13.6. The third-order valence-electron chi connectivity index (χ3n) is 7.01. The van der Waals surface area contributed by atoms with Gasteiger partial charge in [0.05, 0.1) is 17.4 Å². The van der Waals surface area contributed by atoms with Gasteiger partial charge in [-0.3, -0.25) is 4.79 Å². The minimum Gasteiger partial charge on any atom is -0.372 e. The van der Waals surface area contributed by atoms with E-state index < -0.39 is 0 Å². The summed E-state index contributed by atoms with van der Waals surface area (Å²) in [6.07, 6.45) is 1.21. The first-order valence-electron chi connectivity index (χ1n) is 12.1. The number of rotatable bonds is 5. The molecule has 2 aliphatic rings. The average Bonchev–Trinajstić information content (AvgIpc) is 3.02. The molecule has 34 heavy (non-hydrogen) atoms. The summed E-state index contributed by atoms with van der Waals surface area (Å²) in [5, 5.41) is 7.11. The normalized spacial score (nSPS) is 19.4. The number of hydrogen-bond acceptors (Lipinski definition) is 4. The van der Waals surface area contributed by atoms with Gasteiger partial charge >= 0.3 is 0 Å².